The van der Waals surface area contributed by atoms with Crippen LogP contribution in [0, 0.1) is 0 Å². The number of nitrogens with zero attached hydrogens (tertiary/aromatic N) is 1. The minimum atomic E-state index is -0.702. The first kappa shape index (κ1) is 17.7. The van der Waals surface area contributed by atoms with E-state index >= 15 is 0 Å². The maximum absolute atomic E-state index is 12.6. The average Bonchev–Trinajstić information content (AvgIpc) is 2.73. The highest BCUT2D eigenvalue weighted by molar-refractivity contribution is 5.94. The molecule has 0 bridgehead atoms. The molecule has 0 radical (unpaired) electrons. The Labute approximate surface area is 162 Å². The number of nitrogen functional groups attached to an aromatic ring is 1. The number of ether oxygens (including phenoxy) is 2. The van der Waals surface area contributed by atoms with Gasteiger partial charge in [0, 0.05) is 18.4 Å². The molecule has 7 heteroatoms. The van der Waals surface area contributed by atoms with Crippen LogP contribution in [0.4, 0.5) is 17.2 Å². The number of rotatable bonds is 5. The number of hydrogen-bond donors (Lipinski definition) is 3. The molecule has 1 atom stereocenters. The normalized spacial score (nSPS) is 14.9. The van der Waals surface area contributed by atoms with Crippen LogP contribution < -0.4 is 25.8 Å². The van der Waals surface area contributed by atoms with Crippen molar-refractivity contribution >= 4 is 23.1 Å². The van der Waals surface area contributed by atoms with Crippen molar-refractivity contribution in [1.29, 1.82) is 0 Å². The van der Waals surface area contributed by atoms with Crippen molar-refractivity contribution in [3.63, 3.8) is 0 Å². The van der Waals surface area contributed by atoms with Crippen LogP contribution in [0.15, 0.2) is 66.9 Å². The Morgan fingerprint density at radius 2 is 1.96 bits per heavy atom. The van der Waals surface area contributed by atoms with E-state index in [1.165, 1.54) is 0 Å². The van der Waals surface area contributed by atoms with Gasteiger partial charge in [0.25, 0.3) is 5.91 Å². The summed E-state index contributed by atoms with van der Waals surface area (Å²) in [5.41, 5.74) is 8.29. The van der Waals surface area contributed by atoms with Crippen molar-refractivity contribution in [3.8, 4) is 11.5 Å². The summed E-state index contributed by atoms with van der Waals surface area (Å²) in [6.07, 6.45) is 0.943. The molecule has 3 aromatic rings. The van der Waals surface area contributed by atoms with Gasteiger partial charge in [0.15, 0.2) is 11.5 Å². The highest BCUT2D eigenvalue weighted by Crippen LogP contribution is 2.31. The van der Waals surface area contributed by atoms with E-state index in [0.717, 1.165) is 11.3 Å². The molecule has 0 fully saturated rings. The van der Waals surface area contributed by atoms with Crippen LogP contribution in [0.1, 0.15) is 5.56 Å². The lowest BCUT2D eigenvalue weighted by molar-refractivity contribution is -0.125. The summed E-state index contributed by atoms with van der Waals surface area (Å²) in [5, 5.41) is 6.12. The number of pyridine rings is 1. The largest absolute Gasteiger partial charge is 0.485 e. The standard InChI is InChI=1S/C21H20N4O3/c22-20-16(7-4-10-23-20)24-12-14-5-3-6-15(11-14)25-21(26)19-13-27-17-8-1-2-9-18(17)28-19/h1-11,19,24H,12-13H2,(H2,22,23)(H,25,26). The molecule has 2 heterocycles. The first-order valence-corrected chi connectivity index (χ1v) is 8.92. The number of anilines is 3. The lowest BCUT2D eigenvalue weighted by atomic mass is 10.2. The fourth-order valence-corrected chi connectivity index (χ4v) is 2.89. The maximum atomic E-state index is 12.6. The predicted octanol–water partition coefficient (Wildman–Crippen LogP) is 3.05. The second-order valence-electron chi connectivity index (χ2n) is 6.34. The number of benzene rings is 2. The van der Waals surface area contributed by atoms with E-state index in [2.05, 4.69) is 15.6 Å². The molecule has 1 aliphatic heterocycles. The van der Waals surface area contributed by atoms with Gasteiger partial charge in [-0.15, -0.1) is 0 Å². The third-order valence-electron chi connectivity index (χ3n) is 4.32. The summed E-state index contributed by atoms with van der Waals surface area (Å²) in [6, 6.07) is 18.6. The van der Waals surface area contributed by atoms with Crippen molar-refractivity contribution < 1.29 is 14.3 Å². The van der Waals surface area contributed by atoms with Gasteiger partial charge in [0.1, 0.15) is 12.4 Å². The smallest absolute Gasteiger partial charge is 0.269 e. The molecule has 2 aromatic carbocycles. The number of fused-ring (bicyclic) bond motifs is 1. The van der Waals surface area contributed by atoms with Gasteiger partial charge < -0.3 is 25.8 Å². The van der Waals surface area contributed by atoms with Gasteiger partial charge in [-0.25, -0.2) is 4.98 Å². The Bertz CT molecular complexity index is 993. The number of carbonyl (C=O) groups is 1. The summed E-state index contributed by atoms with van der Waals surface area (Å²) < 4.78 is 11.3. The highest BCUT2D eigenvalue weighted by atomic mass is 16.6. The second-order valence-corrected chi connectivity index (χ2v) is 6.34. The molecule has 142 valence electrons. The average molecular weight is 376 g/mol. The number of carbonyl (C=O) groups excluding carboxylic acids is 1. The van der Waals surface area contributed by atoms with Gasteiger partial charge in [-0.1, -0.05) is 24.3 Å². The molecule has 28 heavy (non-hydrogen) atoms. The van der Waals surface area contributed by atoms with Gasteiger partial charge in [-0.2, -0.15) is 0 Å². The molecule has 1 aliphatic rings. The summed E-state index contributed by atoms with van der Waals surface area (Å²) in [6.45, 7) is 0.723. The predicted molar refractivity (Wildman–Crippen MR) is 107 cm³/mol. The molecule has 0 saturated heterocycles. The molecule has 4 N–H and O–H groups in total. The van der Waals surface area contributed by atoms with Crippen LogP contribution in [0.5, 0.6) is 11.5 Å². The van der Waals surface area contributed by atoms with Crippen molar-refractivity contribution in [2.45, 2.75) is 12.6 Å². The zero-order chi connectivity index (χ0) is 19.3. The number of nitrogens with one attached hydrogen (secondary N) is 2. The van der Waals surface area contributed by atoms with E-state index in [0.29, 0.717) is 29.5 Å². The molecule has 0 aliphatic carbocycles. The molecular weight excluding hydrogens is 356 g/mol. The minimum absolute atomic E-state index is 0.171. The zero-order valence-corrected chi connectivity index (χ0v) is 15.1. The molecule has 7 nitrogen and oxygen atoms in total. The van der Waals surface area contributed by atoms with E-state index in [4.69, 9.17) is 15.2 Å². The van der Waals surface area contributed by atoms with E-state index in [1.807, 2.05) is 54.6 Å². The Morgan fingerprint density at radius 1 is 1.11 bits per heavy atom. The molecule has 4 rings (SSSR count). The summed E-state index contributed by atoms with van der Waals surface area (Å²) in [5.74, 6) is 1.41. The van der Waals surface area contributed by atoms with Crippen LogP contribution in [0.25, 0.3) is 0 Å². The Morgan fingerprint density at radius 3 is 2.82 bits per heavy atom. The molecule has 0 saturated carbocycles. The number of hydrogen-bond acceptors (Lipinski definition) is 6. The Balaban J connectivity index is 1.38. The minimum Gasteiger partial charge on any atom is -0.485 e. The molecule has 1 unspecified atom stereocenters. The fourth-order valence-electron chi connectivity index (χ4n) is 2.89. The van der Waals surface area contributed by atoms with Crippen LogP contribution in [0.2, 0.25) is 0 Å². The van der Waals surface area contributed by atoms with E-state index in [1.54, 1.807) is 12.3 Å². The van der Waals surface area contributed by atoms with Crippen molar-refractivity contribution in [1.82, 2.24) is 4.98 Å². The number of aromatic nitrogens is 1. The fraction of sp³-hybridized carbons (Fsp3) is 0.143. The van der Waals surface area contributed by atoms with Gasteiger partial charge in [0.05, 0.1) is 5.69 Å². The summed E-state index contributed by atoms with van der Waals surface area (Å²) in [7, 11) is 0. The Kier molecular flexibility index (Phi) is 4.97. The highest BCUT2D eigenvalue weighted by Gasteiger charge is 2.27. The van der Waals surface area contributed by atoms with E-state index in [-0.39, 0.29) is 12.5 Å². The monoisotopic (exact) mass is 376 g/mol. The maximum Gasteiger partial charge on any atom is 0.269 e. The Hall–Kier alpha value is -3.74. The summed E-state index contributed by atoms with van der Waals surface area (Å²) >= 11 is 0. The van der Waals surface area contributed by atoms with Gasteiger partial charge in [0.2, 0.25) is 6.10 Å². The van der Waals surface area contributed by atoms with Crippen LogP contribution >= 0.6 is 0 Å². The lowest BCUT2D eigenvalue weighted by Crippen LogP contribution is -2.40. The van der Waals surface area contributed by atoms with Gasteiger partial charge in [-0.05, 0) is 42.0 Å². The quantitative estimate of drug-likeness (QED) is 0.633. The number of amides is 1. The van der Waals surface area contributed by atoms with Crippen molar-refractivity contribution in [3.05, 3.63) is 72.4 Å². The first-order valence-electron chi connectivity index (χ1n) is 8.92. The van der Waals surface area contributed by atoms with E-state index in [9.17, 15) is 4.79 Å². The first-order chi connectivity index (χ1) is 13.7. The van der Waals surface area contributed by atoms with Crippen LogP contribution in [0.3, 0.4) is 0 Å². The molecule has 1 aromatic heterocycles. The zero-order valence-electron chi connectivity index (χ0n) is 15.1. The third-order valence-corrected chi connectivity index (χ3v) is 4.32. The van der Waals surface area contributed by atoms with E-state index < -0.39 is 6.10 Å². The lowest BCUT2D eigenvalue weighted by Gasteiger charge is -2.25. The van der Waals surface area contributed by atoms with Crippen molar-refractivity contribution in [2.75, 3.05) is 23.0 Å². The second kappa shape index (κ2) is 7.87. The summed E-state index contributed by atoms with van der Waals surface area (Å²) in [4.78, 5) is 16.6. The molecular formula is C21H20N4O3. The number of nitrogens with two attached hydrogens (primary N) is 1. The van der Waals surface area contributed by atoms with Crippen LogP contribution in [-0.2, 0) is 11.3 Å². The van der Waals surface area contributed by atoms with Gasteiger partial charge in [-0.3, -0.25) is 4.79 Å². The van der Waals surface area contributed by atoms with Crippen LogP contribution in [-0.4, -0.2) is 23.6 Å². The van der Waals surface area contributed by atoms with Crippen molar-refractivity contribution in [2.24, 2.45) is 0 Å². The molecule has 1 amide bonds. The number of para-hydroxylation sites is 2. The van der Waals surface area contributed by atoms with Gasteiger partial charge >= 0.3 is 0 Å². The molecule has 0 spiro atoms. The topological polar surface area (TPSA) is 98.5 Å². The third kappa shape index (κ3) is 3.98. The SMILES string of the molecule is Nc1ncccc1NCc1cccc(NC(=O)C2COc3ccccc3O2)c1.